The van der Waals surface area contributed by atoms with E-state index in [0.717, 1.165) is 77.3 Å². The predicted octanol–water partition coefficient (Wildman–Crippen LogP) is 4.36. The standard InChI is InChI=1S/C10H15N5O2.C10H17N5.C5H4BrN3O2.C5H12N2.5CH4/c1-13-2-4-14(5-3-13)8-6-12-7-9(10(8)11)15(16)17;1-14-2-4-15(5-3-14)9-7-13-6-8(11)10(9)12;6-3-1-8-2-4(5(3)7)9(10)11;1-7-4-2-6-3-5-7;;;;;/h6-7H,2-5H2,1H3,(H2,11,12);6-7H,2-5,11H2,1H3,(H2,12,13);1-2H,(H2,7,8);6H,2-5H2,1H3;5*1H4. The third-order valence-electron chi connectivity index (χ3n) is 8.28. The normalized spacial score (nSPS) is 15.3. The fraction of sp³-hybridized carbons (Fsp3) is 0.571. The average molecular weight is 843 g/mol. The van der Waals surface area contributed by atoms with E-state index < -0.39 is 9.85 Å². The number of nitrogens with two attached hydrogens (primary N) is 4. The van der Waals surface area contributed by atoms with Crippen LogP contribution in [-0.2, 0) is 0 Å². The first-order valence-electron chi connectivity index (χ1n) is 16.0. The minimum atomic E-state index is -0.576. The lowest BCUT2D eigenvalue weighted by Gasteiger charge is -2.34. The number of pyridine rings is 3. The number of nitrogen functional groups attached to an aromatic ring is 4. The molecule has 0 aromatic carbocycles. The van der Waals surface area contributed by atoms with E-state index in [1.165, 1.54) is 25.5 Å². The lowest BCUT2D eigenvalue weighted by molar-refractivity contribution is -0.384. The van der Waals surface area contributed by atoms with Gasteiger partial charge in [0.15, 0.2) is 0 Å². The van der Waals surface area contributed by atoms with E-state index >= 15 is 0 Å². The molecule has 3 fully saturated rings. The monoisotopic (exact) mass is 841 g/mol. The molecule has 3 aromatic heterocycles. The van der Waals surface area contributed by atoms with Gasteiger partial charge in [-0.25, -0.2) is 0 Å². The van der Waals surface area contributed by atoms with E-state index in [0.29, 0.717) is 21.5 Å². The Balaban J connectivity index is -0.000000660. The molecule has 0 spiro atoms. The summed E-state index contributed by atoms with van der Waals surface area (Å²) >= 11 is 3.02. The Morgan fingerprint density at radius 2 is 0.927 bits per heavy atom. The van der Waals surface area contributed by atoms with Gasteiger partial charge >= 0.3 is 11.4 Å². The van der Waals surface area contributed by atoms with Crippen LogP contribution in [0, 0.1) is 20.2 Å². The quantitative estimate of drug-likeness (QED) is 0.181. The number of rotatable bonds is 4. The number of halogens is 1. The number of nitrogens with zero attached hydrogens (tertiary/aromatic N) is 10. The van der Waals surface area contributed by atoms with Gasteiger partial charge in [-0.05, 0) is 37.1 Å². The van der Waals surface area contributed by atoms with Gasteiger partial charge in [0.1, 0.15) is 23.8 Å². The Labute approximate surface area is 336 Å². The van der Waals surface area contributed by atoms with Crippen LogP contribution in [0.3, 0.4) is 0 Å². The summed E-state index contributed by atoms with van der Waals surface area (Å²) in [7, 11) is 6.32. The Morgan fingerprint density at radius 1 is 0.564 bits per heavy atom. The minimum absolute atomic E-state index is 0. The lowest BCUT2D eigenvalue weighted by Crippen LogP contribution is -2.44. The first kappa shape index (κ1) is 54.7. The van der Waals surface area contributed by atoms with E-state index in [1.807, 2.05) is 11.9 Å². The van der Waals surface area contributed by atoms with E-state index in [1.54, 1.807) is 18.6 Å². The molecule has 314 valence electrons. The van der Waals surface area contributed by atoms with Crippen LogP contribution in [0.2, 0.25) is 0 Å². The number of anilines is 6. The maximum Gasteiger partial charge on any atom is 0.312 e. The Kier molecular flexibility index (Phi) is 26.9. The largest absolute Gasteiger partial charge is 0.396 e. The number of aromatic nitrogens is 3. The van der Waals surface area contributed by atoms with Crippen LogP contribution in [0.4, 0.5) is 45.5 Å². The summed E-state index contributed by atoms with van der Waals surface area (Å²) in [5.41, 5.74) is 25.7. The van der Waals surface area contributed by atoms with E-state index in [9.17, 15) is 20.2 Å². The summed E-state index contributed by atoms with van der Waals surface area (Å²) < 4.78 is 0.437. The van der Waals surface area contributed by atoms with Crippen LogP contribution in [0.1, 0.15) is 37.1 Å². The van der Waals surface area contributed by atoms with Crippen molar-refractivity contribution in [3.63, 3.8) is 0 Å². The Hall–Kier alpha value is -4.63. The first-order chi connectivity index (χ1) is 23.8. The van der Waals surface area contributed by atoms with Crippen molar-refractivity contribution in [2.45, 2.75) is 37.1 Å². The lowest BCUT2D eigenvalue weighted by atomic mass is 10.2. The van der Waals surface area contributed by atoms with Gasteiger partial charge in [-0.3, -0.25) is 35.2 Å². The van der Waals surface area contributed by atoms with E-state index in [4.69, 9.17) is 22.9 Å². The van der Waals surface area contributed by atoms with Gasteiger partial charge in [-0.15, -0.1) is 0 Å². The maximum atomic E-state index is 10.8. The molecular weight excluding hydrogens is 774 g/mol. The predicted molar refractivity (Wildman–Crippen MR) is 235 cm³/mol. The molecule has 0 aliphatic carbocycles. The summed E-state index contributed by atoms with van der Waals surface area (Å²) in [6.07, 6.45) is 8.68. The van der Waals surface area contributed by atoms with Crippen LogP contribution < -0.4 is 38.1 Å². The fourth-order valence-corrected chi connectivity index (χ4v) is 5.35. The molecule has 0 bridgehead atoms. The van der Waals surface area contributed by atoms with Gasteiger partial charge in [-0.2, -0.15) is 0 Å². The second-order valence-electron chi connectivity index (χ2n) is 12.0. The van der Waals surface area contributed by atoms with Crippen LogP contribution >= 0.6 is 15.9 Å². The topological polar surface area (TPSA) is 257 Å². The molecule has 0 amide bonds. The smallest absolute Gasteiger partial charge is 0.312 e. The highest BCUT2D eigenvalue weighted by molar-refractivity contribution is 9.10. The Bertz CT molecular complexity index is 1550. The van der Waals surface area contributed by atoms with Crippen LogP contribution in [-0.4, -0.2) is 139 Å². The van der Waals surface area contributed by atoms with Gasteiger partial charge in [0.2, 0.25) is 0 Å². The zero-order chi connectivity index (χ0) is 36.8. The van der Waals surface area contributed by atoms with Gasteiger partial charge in [0.25, 0.3) is 0 Å². The molecule has 3 saturated heterocycles. The van der Waals surface area contributed by atoms with Gasteiger partial charge < -0.3 is 52.8 Å². The summed E-state index contributed by atoms with van der Waals surface area (Å²) in [5, 5.41) is 24.3. The van der Waals surface area contributed by atoms with Gasteiger partial charge in [0, 0.05) is 84.7 Å². The van der Waals surface area contributed by atoms with Crippen molar-refractivity contribution in [1.82, 2.24) is 35.0 Å². The first-order valence-corrected chi connectivity index (χ1v) is 16.8. The van der Waals surface area contributed by atoms with Gasteiger partial charge in [0.05, 0.1) is 55.7 Å². The maximum absolute atomic E-state index is 10.8. The number of hydrogen-bond acceptors (Lipinski definition) is 17. The summed E-state index contributed by atoms with van der Waals surface area (Å²) in [6, 6.07) is 0. The summed E-state index contributed by atoms with van der Waals surface area (Å²) in [4.78, 5) is 42.6. The highest BCUT2D eigenvalue weighted by Crippen LogP contribution is 2.31. The molecule has 6 rings (SSSR count). The third kappa shape index (κ3) is 16.7. The molecule has 3 aromatic rings. The molecule has 6 heterocycles. The third-order valence-corrected chi connectivity index (χ3v) is 8.91. The van der Waals surface area contributed by atoms with Crippen molar-refractivity contribution < 1.29 is 9.85 Å². The van der Waals surface area contributed by atoms with E-state index in [2.05, 4.69) is 69.9 Å². The molecule has 9 N–H and O–H groups in total. The molecular formula is C35H68BrN15O4. The van der Waals surface area contributed by atoms with Crippen molar-refractivity contribution in [3.8, 4) is 0 Å². The van der Waals surface area contributed by atoms with Crippen molar-refractivity contribution in [3.05, 3.63) is 61.9 Å². The van der Waals surface area contributed by atoms with Crippen molar-refractivity contribution in [1.29, 1.82) is 0 Å². The molecule has 0 unspecified atom stereocenters. The molecule has 3 aliphatic heterocycles. The van der Waals surface area contributed by atoms with E-state index in [-0.39, 0.29) is 59.9 Å². The summed E-state index contributed by atoms with van der Waals surface area (Å²) in [5.74, 6) is 0. The molecule has 20 heteroatoms. The molecule has 0 radical (unpaired) electrons. The second-order valence-corrected chi connectivity index (χ2v) is 12.8. The molecule has 55 heavy (non-hydrogen) atoms. The zero-order valence-electron chi connectivity index (χ0n) is 28.7. The number of likely N-dealkylation sites (N-methyl/N-ethyl adjacent to an activating group) is 3. The fourth-order valence-electron chi connectivity index (χ4n) is 5.02. The van der Waals surface area contributed by atoms with Crippen LogP contribution in [0.15, 0.2) is 41.7 Å². The number of hydrogen-bond donors (Lipinski definition) is 5. The number of nitrogens with one attached hydrogen (secondary N) is 1. The van der Waals surface area contributed by atoms with Crippen LogP contribution in [0.5, 0.6) is 0 Å². The molecule has 19 nitrogen and oxygen atoms in total. The second kappa shape index (κ2) is 27.0. The SMILES string of the molecule is C.C.C.C.C.CN1CCN(c2cncc(N)c2N)CC1.CN1CCN(c2cncc([N+](=O)[O-])c2N)CC1.CN1CCNCC1.Nc1c(Br)cncc1[N+](=O)[O-]. The summed E-state index contributed by atoms with van der Waals surface area (Å²) in [6.45, 7) is 12.3. The molecule has 0 atom stereocenters. The highest BCUT2D eigenvalue weighted by atomic mass is 79.9. The molecule has 3 aliphatic rings. The van der Waals surface area contributed by atoms with Crippen molar-refractivity contribution in [2.24, 2.45) is 0 Å². The zero-order valence-corrected chi connectivity index (χ0v) is 30.3. The molecule has 0 saturated carbocycles. The van der Waals surface area contributed by atoms with Crippen molar-refractivity contribution >= 4 is 61.4 Å². The minimum Gasteiger partial charge on any atom is -0.396 e. The van der Waals surface area contributed by atoms with Crippen LogP contribution in [0.25, 0.3) is 0 Å². The number of nitro groups is 2. The number of piperazine rings is 3. The van der Waals surface area contributed by atoms with Gasteiger partial charge in [-0.1, -0.05) is 37.1 Å². The van der Waals surface area contributed by atoms with Crippen molar-refractivity contribution in [2.75, 3.05) is 132 Å². The highest BCUT2D eigenvalue weighted by Gasteiger charge is 2.22. The average Bonchev–Trinajstić information content (AvgIpc) is 3.09. The Morgan fingerprint density at radius 3 is 1.31 bits per heavy atom.